The third-order valence-electron chi connectivity index (χ3n) is 5.25. The maximum absolute atomic E-state index is 3.76. The molecule has 2 aliphatic rings. The summed E-state index contributed by atoms with van der Waals surface area (Å²) in [5, 5.41) is 3.76. The summed E-state index contributed by atoms with van der Waals surface area (Å²) in [7, 11) is 0. The number of hydrogen-bond acceptors (Lipinski definition) is 2. The lowest BCUT2D eigenvalue weighted by atomic mass is 9.91. The molecule has 3 unspecified atom stereocenters. The highest BCUT2D eigenvalue weighted by Gasteiger charge is 2.35. The maximum Gasteiger partial charge on any atom is 0.0220 e. The van der Waals surface area contributed by atoms with E-state index in [1.807, 2.05) is 0 Å². The van der Waals surface area contributed by atoms with Gasteiger partial charge < -0.3 is 5.32 Å². The molecule has 2 nitrogen and oxygen atoms in total. The zero-order chi connectivity index (χ0) is 13.2. The van der Waals surface area contributed by atoms with Gasteiger partial charge in [0.15, 0.2) is 0 Å². The van der Waals surface area contributed by atoms with E-state index >= 15 is 0 Å². The zero-order valence-corrected chi connectivity index (χ0v) is 12.8. The van der Waals surface area contributed by atoms with E-state index in [4.69, 9.17) is 0 Å². The average molecular weight is 252 g/mol. The minimum atomic E-state index is 0.580. The Kier molecular flexibility index (Phi) is 4.71. The highest BCUT2D eigenvalue weighted by Crippen LogP contribution is 2.39. The molecule has 1 saturated carbocycles. The van der Waals surface area contributed by atoms with E-state index in [2.05, 4.69) is 37.9 Å². The van der Waals surface area contributed by atoms with Gasteiger partial charge in [-0.25, -0.2) is 0 Å². The lowest BCUT2D eigenvalue weighted by Gasteiger charge is -2.33. The number of hydrogen-bond donors (Lipinski definition) is 1. The van der Waals surface area contributed by atoms with Gasteiger partial charge in [-0.3, -0.25) is 4.90 Å². The molecule has 1 aliphatic heterocycles. The van der Waals surface area contributed by atoms with Gasteiger partial charge in [-0.15, -0.1) is 0 Å². The summed E-state index contributed by atoms with van der Waals surface area (Å²) in [4.78, 5) is 2.80. The molecule has 3 atom stereocenters. The van der Waals surface area contributed by atoms with Crippen molar-refractivity contribution in [3.8, 4) is 0 Å². The molecule has 1 aliphatic carbocycles. The van der Waals surface area contributed by atoms with E-state index in [0.29, 0.717) is 11.5 Å². The fourth-order valence-electron chi connectivity index (χ4n) is 3.69. The van der Waals surface area contributed by atoms with E-state index in [9.17, 15) is 0 Å². The van der Waals surface area contributed by atoms with Gasteiger partial charge in [-0.2, -0.15) is 0 Å². The fourth-order valence-corrected chi connectivity index (χ4v) is 3.69. The van der Waals surface area contributed by atoms with Gasteiger partial charge in [-0.05, 0) is 50.1 Å². The molecule has 0 aromatic carbocycles. The van der Waals surface area contributed by atoms with E-state index in [-0.39, 0.29) is 0 Å². The fraction of sp³-hybridized carbons (Fsp3) is 1.00. The predicted octanol–water partition coefficient (Wildman–Crippen LogP) is 3.28. The molecule has 2 rings (SSSR count). The highest BCUT2D eigenvalue weighted by molar-refractivity contribution is 4.91. The molecule has 0 aromatic rings. The molecule has 1 N–H and O–H groups in total. The van der Waals surface area contributed by atoms with Crippen LogP contribution in [0.2, 0.25) is 0 Å². The van der Waals surface area contributed by atoms with Crippen molar-refractivity contribution in [1.82, 2.24) is 10.2 Å². The van der Waals surface area contributed by atoms with Crippen molar-refractivity contribution in [3.05, 3.63) is 0 Å². The summed E-state index contributed by atoms with van der Waals surface area (Å²) < 4.78 is 0. The molecule has 0 spiro atoms. The maximum atomic E-state index is 3.76. The number of nitrogens with one attached hydrogen (secondary N) is 1. The van der Waals surface area contributed by atoms with Crippen LogP contribution in [0.5, 0.6) is 0 Å². The Hall–Kier alpha value is -0.0800. The predicted molar refractivity (Wildman–Crippen MR) is 78.9 cm³/mol. The van der Waals surface area contributed by atoms with Crippen LogP contribution in [0, 0.1) is 11.3 Å². The number of rotatable bonds is 3. The molecule has 106 valence electrons. The van der Waals surface area contributed by atoms with Gasteiger partial charge in [0.2, 0.25) is 0 Å². The summed E-state index contributed by atoms with van der Waals surface area (Å²) in [5.74, 6) is 0.806. The summed E-state index contributed by atoms with van der Waals surface area (Å²) >= 11 is 0. The Balaban J connectivity index is 1.95. The summed E-state index contributed by atoms with van der Waals surface area (Å²) in [6, 6.07) is 1.56. The Labute approximate surface area is 114 Å². The average Bonchev–Trinajstić information content (AvgIpc) is 2.56. The summed E-state index contributed by atoms with van der Waals surface area (Å²) in [6.07, 6.45) is 6.85. The highest BCUT2D eigenvalue weighted by atomic mass is 15.2. The molecule has 1 saturated heterocycles. The molecular formula is C16H32N2. The largest absolute Gasteiger partial charge is 0.312 e. The van der Waals surface area contributed by atoms with Crippen LogP contribution >= 0.6 is 0 Å². The molecule has 2 heteroatoms. The molecule has 1 heterocycles. The van der Waals surface area contributed by atoms with Gasteiger partial charge in [-0.1, -0.05) is 34.1 Å². The minimum absolute atomic E-state index is 0.580. The lowest BCUT2D eigenvalue weighted by molar-refractivity contribution is 0.169. The van der Waals surface area contributed by atoms with Crippen molar-refractivity contribution < 1.29 is 0 Å². The zero-order valence-electron chi connectivity index (χ0n) is 12.8. The standard InChI is InChI=1S/C16H32N2/c1-5-13(2)15-12-18(10-6-9-17-15)14-7-8-16(3,4)11-14/h13-15,17H,5-12H2,1-4H3. The molecular weight excluding hydrogens is 220 g/mol. The van der Waals surface area contributed by atoms with Gasteiger partial charge >= 0.3 is 0 Å². The van der Waals surface area contributed by atoms with Crippen molar-refractivity contribution in [3.63, 3.8) is 0 Å². The molecule has 18 heavy (non-hydrogen) atoms. The second-order valence-corrected chi connectivity index (χ2v) is 7.36. The van der Waals surface area contributed by atoms with Crippen LogP contribution in [0.1, 0.15) is 59.8 Å². The molecule has 0 bridgehead atoms. The smallest absolute Gasteiger partial charge is 0.0220 e. The lowest BCUT2D eigenvalue weighted by Crippen LogP contribution is -2.45. The van der Waals surface area contributed by atoms with E-state index < -0.39 is 0 Å². The first-order valence-corrected chi connectivity index (χ1v) is 7.99. The minimum Gasteiger partial charge on any atom is -0.312 e. The van der Waals surface area contributed by atoms with Crippen LogP contribution < -0.4 is 5.32 Å². The van der Waals surface area contributed by atoms with Crippen molar-refractivity contribution >= 4 is 0 Å². The molecule has 0 aromatic heterocycles. The van der Waals surface area contributed by atoms with Gasteiger partial charge in [0.05, 0.1) is 0 Å². The quantitative estimate of drug-likeness (QED) is 0.829. The first-order chi connectivity index (χ1) is 8.52. The Morgan fingerprint density at radius 2 is 2.17 bits per heavy atom. The van der Waals surface area contributed by atoms with Gasteiger partial charge in [0.25, 0.3) is 0 Å². The van der Waals surface area contributed by atoms with Crippen molar-refractivity contribution in [2.75, 3.05) is 19.6 Å². The third kappa shape index (κ3) is 3.48. The van der Waals surface area contributed by atoms with Crippen molar-refractivity contribution in [2.24, 2.45) is 11.3 Å². The van der Waals surface area contributed by atoms with Crippen molar-refractivity contribution in [2.45, 2.75) is 71.9 Å². The topological polar surface area (TPSA) is 15.3 Å². The van der Waals surface area contributed by atoms with E-state index in [0.717, 1.165) is 12.0 Å². The normalized spacial score (nSPS) is 35.3. The van der Waals surface area contributed by atoms with E-state index in [1.165, 1.54) is 51.7 Å². The van der Waals surface area contributed by atoms with Crippen LogP contribution in [0.3, 0.4) is 0 Å². The second-order valence-electron chi connectivity index (χ2n) is 7.36. The van der Waals surface area contributed by atoms with Crippen molar-refractivity contribution in [1.29, 1.82) is 0 Å². The Morgan fingerprint density at radius 3 is 2.78 bits per heavy atom. The monoisotopic (exact) mass is 252 g/mol. The summed E-state index contributed by atoms with van der Waals surface area (Å²) in [6.45, 7) is 13.4. The van der Waals surface area contributed by atoms with Crippen LogP contribution in [0.4, 0.5) is 0 Å². The van der Waals surface area contributed by atoms with Crippen LogP contribution in [-0.2, 0) is 0 Å². The SMILES string of the molecule is CCC(C)C1CN(C2CCC(C)(C)C2)CCCN1. The van der Waals surface area contributed by atoms with Gasteiger partial charge in [0.1, 0.15) is 0 Å². The van der Waals surface area contributed by atoms with Crippen LogP contribution in [0.15, 0.2) is 0 Å². The van der Waals surface area contributed by atoms with E-state index in [1.54, 1.807) is 0 Å². The number of nitrogens with zero attached hydrogens (tertiary/aromatic N) is 1. The molecule has 0 amide bonds. The van der Waals surface area contributed by atoms with Crippen LogP contribution in [0.25, 0.3) is 0 Å². The first kappa shape index (κ1) is 14.3. The molecule has 2 fully saturated rings. The second kappa shape index (κ2) is 5.92. The Bertz CT molecular complexity index is 262. The third-order valence-corrected chi connectivity index (χ3v) is 5.25. The van der Waals surface area contributed by atoms with Gasteiger partial charge in [0, 0.05) is 18.6 Å². The first-order valence-electron chi connectivity index (χ1n) is 7.99. The summed E-state index contributed by atoms with van der Waals surface area (Å²) in [5.41, 5.74) is 0.580. The molecule has 0 radical (unpaired) electrons. The Morgan fingerprint density at radius 1 is 1.39 bits per heavy atom. The van der Waals surface area contributed by atoms with Crippen LogP contribution in [-0.4, -0.2) is 36.6 Å².